The van der Waals surface area contributed by atoms with Gasteiger partial charge in [0.15, 0.2) is 0 Å². The Bertz CT molecular complexity index is 169. The van der Waals surface area contributed by atoms with E-state index in [0.717, 1.165) is 13.1 Å². The van der Waals surface area contributed by atoms with Crippen molar-refractivity contribution >= 4 is 22.9 Å². The van der Waals surface area contributed by atoms with Crippen LogP contribution in [0.2, 0.25) is 8.35 Å². The van der Waals surface area contributed by atoms with E-state index in [1.165, 1.54) is 12.8 Å². The summed E-state index contributed by atoms with van der Waals surface area (Å²) in [5.74, 6) is 0. The van der Waals surface area contributed by atoms with E-state index < -0.39 is 0 Å². The third-order valence-electron chi connectivity index (χ3n) is 3.54. The molecule has 0 aromatic rings. The van der Waals surface area contributed by atoms with Crippen LogP contribution in [0, 0.1) is 0 Å². The fourth-order valence-corrected chi connectivity index (χ4v) is 4.48. The molecule has 0 saturated carbocycles. The fourth-order valence-electron chi connectivity index (χ4n) is 1.33. The van der Waals surface area contributed by atoms with Crippen molar-refractivity contribution in [1.82, 2.24) is 9.80 Å². The maximum atomic E-state index is 4.53. The van der Waals surface area contributed by atoms with Crippen LogP contribution in [0.4, 0.5) is 0 Å². The number of hydrogen-bond acceptors (Lipinski definition) is 2. The van der Waals surface area contributed by atoms with Crippen LogP contribution in [0.1, 0.15) is 40.5 Å². The van der Waals surface area contributed by atoms with E-state index in [4.69, 9.17) is 0 Å². The Morgan fingerprint density at radius 1 is 0.800 bits per heavy atom. The molecule has 0 aliphatic rings. The molecule has 0 heterocycles. The molecule has 0 saturated heterocycles. The van der Waals surface area contributed by atoms with Gasteiger partial charge in [-0.05, 0) is 40.3 Å². The summed E-state index contributed by atoms with van der Waals surface area (Å²) in [5, 5.41) is 4.53. The Morgan fingerprint density at radius 3 is 1.40 bits per heavy atom. The molecule has 0 aliphatic carbocycles. The van der Waals surface area contributed by atoms with Gasteiger partial charge < -0.3 is 15.1 Å². The molecule has 0 aromatic heterocycles. The molecule has 20 heavy (non-hydrogen) atoms. The summed E-state index contributed by atoms with van der Waals surface area (Å²) < 4.78 is 3.23. The third kappa shape index (κ3) is 16.8. The summed E-state index contributed by atoms with van der Waals surface area (Å²) >= 11 is 0.0336. The summed E-state index contributed by atoms with van der Waals surface area (Å²) in [6.07, 6.45) is 2.89. The summed E-state index contributed by atoms with van der Waals surface area (Å²) in [6, 6.07) is 1.10. The van der Waals surface area contributed by atoms with Crippen molar-refractivity contribution in [2.24, 2.45) is 0 Å². The van der Waals surface area contributed by atoms with Crippen molar-refractivity contribution < 1.29 is 0 Å². The topological polar surface area (TPSA) is 20.6 Å². The van der Waals surface area contributed by atoms with Crippen molar-refractivity contribution in [3.05, 3.63) is 5.32 Å². The molecule has 0 N–H and O–H groups in total. The molecule has 0 rings (SSSR count). The predicted molar refractivity (Wildman–Crippen MR) is 95.3 cm³/mol. The van der Waals surface area contributed by atoms with Crippen LogP contribution >= 0.6 is 0 Å². The quantitative estimate of drug-likeness (QED) is 0.534. The van der Waals surface area contributed by atoms with Gasteiger partial charge in [-0.2, -0.15) is 0 Å². The SMILES string of the molecule is CC(C[N-]CC(C)N(C)C)N(C)C.CC[CH2][In+][CH2]CC. The number of rotatable bonds is 10. The van der Waals surface area contributed by atoms with Gasteiger partial charge in [-0.1, -0.05) is 13.8 Å². The molecule has 0 aliphatic heterocycles. The van der Waals surface area contributed by atoms with Crippen LogP contribution in [-0.2, 0) is 0 Å². The Kier molecular flexibility index (Phi) is 18.6. The number of nitrogens with zero attached hydrogens (tertiary/aromatic N) is 3. The minimum atomic E-state index is 0.0336. The van der Waals surface area contributed by atoms with E-state index >= 15 is 0 Å². The first-order valence-electron chi connectivity index (χ1n) is 8.14. The average Bonchev–Trinajstić information content (AvgIpc) is 2.39. The molecular weight excluding hydrogens is 349 g/mol. The fraction of sp³-hybridized carbons (Fsp3) is 1.00. The molecule has 4 heteroatoms. The zero-order valence-corrected chi connectivity index (χ0v) is 18.6. The van der Waals surface area contributed by atoms with Crippen LogP contribution in [0.3, 0.4) is 0 Å². The van der Waals surface area contributed by atoms with Crippen LogP contribution < -0.4 is 0 Å². The molecule has 3 nitrogen and oxygen atoms in total. The van der Waals surface area contributed by atoms with Gasteiger partial charge >= 0.3 is 58.0 Å². The second-order valence-corrected chi connectivity index (χ2v) is 11.0. The Morgan fingerprint density at radius 2 is 1.15 bits per heavy atom. The van der Waals surface area contributed by atoms with Gasteiger partial charge in [-0.15, -0.1) is 13.1 Å². The molecule has 0 spiro atoms. The van der Waals surface area contributed by atoms with E-state index in [1.807, 2.05) is 0 Å². The monoisotopic (exact) mass is 387 g/mol. The number of likely N-dealkylation sites (N-methyl/N-ethyl adjacent to an activating group) is 2. The summed E-state index contributed by atoms with van der Waals surface area (Å²) in [5.41, 5.74) is 0. The molecular formula is C16H38InN3. The second-order valence-electron chi connectivity index (χ2n) is 6.08. The molecule has 0 bridgehead atoms. The zero-order valence-electron chi connectivity index (χ0n) is 15.3. The standard InChI is InChI=1S/C10H24N3.2C3H7.In/c1-9(12(3)4)7-11-8-10(2)13(5)6;2*1-3-2;/h9-10H,7-8H2,1-6H3;2*1,3H2,2H3;/q-1;;;+1. The molecule has 0 radical (unpaired) electrons. The first-order chi connectivity index (χ1) is 9.36. The zero-order chi connectivity index (χ0) is 16.0. The molecule has 0 aromatic carbocycles. The molecule has 0 amide bonds. The van der Waals surface area contributed by atoms with E-state index in [1.54, 1.807) is 8.35 Å². The van der Waals surface area contributed by atoms with Gasteiger partial charge in [0.2, 0.25) is 0 Å². The molecule has 0 fully saturated rings. The van der Waals surface area contributed by atoms with E-state index in [9.17, 15) is 0 Å². The normalized spacial score (nSPS) is 13.7. The number of hydrogen-bond donors (Lipinski definition) is 0. The van der Waals surface area contributed by atoms with Gasteiger partial charge in [0.25, 0.3) is 0 Å². The molecule has 2 unspecified atom stereocenters. The van der Waals surface area contributed by atoms with Gasteiger partial charge in [0.1, 0.15) is 0 Å². The Labute approximate surface area is 140 Å². The van der Waals surface area contributed by atoms with Crippen LogP contribution in [0.5, 0.6) is 0 Å². The Balaban J connectivity index is 0. The van der Waals surface area contributed by atoms with Crippen LogP contribution in [0.15, 0.2) is 0 Å². The summed E-state index contributed by atoms with van der Waals surface area (Å²) in [4.78, 5) is 4.40. The third-order valence-corrected chi connectivity index (χ3v) is 9.16. The van der Waals surface area contributed by atoms with Crippen molar-refractivity contribution in [3.8, 4) is 0 Å². The van der Waals surface area contributed by atoms with E-state index in [2.05, 4.69) is 71.0 Å². The van der Waals surface area contributed by atoms with Gasteiger partial charge in [0, 0.05) is 0 Å². The Hall–Kier alpha value is 0.750. The van der Waals surface area contributed by atoms with Gasteiger partial charge in [-0.25, -0.2) is 0 Å². The summed E-state index contributed by atoms with van der Waals surface area (Å²) in [7, 11) is 8.37. The van der Waals surface area contributed by atoms with Crippen molar-refractivity contribution in [3.63, 3.8) is 0 Å². The second kappa shape index (κ2) is 16.1. The maximum absolute atomic E-state index is 4.53. The van der Waals surface area contributed by atoms with E-state index in [-0.39, 0.29) is 22.9 Å². The van der Waals surface area contributed by atoms with E-state index in [0.29, 0.717) is 12.1 Å². The van der Waals surface area contributed by atoms with Crippen LogP contribution in [0.25, 0.3) is 5.32 Å². The molecule has 120 valence electrons. The first kappa shape index (κ1) is 23.0. The van der Waals surface area contributed by atoms with Crippen molar-refractivity contribution in [1.29, 1.82) is 0 Å². The van der Waals surface area contributed by atoms with Crippen LogP contribution in [-0.4, -0.2) is 86.1 Å². The molecule has 2 atom stereocenters. The van der Waals surface area contributed by atoms with Crippen molar-refractivity contribution in [2.45, 2.75) is 61.0 Å². The first-order valence-corrected chi connectivity index (χ1v) is 12.8. The van der Waals surface area contributed by atoms with Gasteiger partial charge in [0.05, 0.1) is 0 Å². The predicted octanol–water partition coefficient (Wildman–Crippen LogP) is 3.61. The van der Waals surface area contributed by atoms with Gasteiger partial charge in [-0.3, -0.25) is 0 Å². The summed E-state index contributed by atoms with van der Waals surface area (Å²) in [6.45, 7) is 10.9. The average molecular weight is 387 g/mol. The minimum absolute atomic E-state index is 0.0336. The van der Waals surface area contributed by atoms with Crippen molar-refractivity contribution in [2.75, 3.05) is 41.3 Å².